The van der Waals surface area contributed by atoms with Gasteiger partial charge in [-0.25, -0.2) is 0 Å². The van der Waals surface area contributed by atoms with Crippen LogP contribution in [0.1, 0.15) is 18.0 Å². The maximum Gasteiger partial charge on any atom is 0.124 e. The van der Waals surface area contributed by atoms with Crippen molar-refractivity contribution < 1.29 is 19.3 Å². The number of aliphatic hydroxyl groups is 1. The molecule has 1 aromatic rings. The Bertz CT molecular complexity index is 410. The Morgan fingerprint density at radius 2 is 2.32 bits per heavy atom. The Balaban J connectivity index is 2.04. The molecule has 0 aromatic heterocycles. The third-order valence-corrected chi connectivity index (χ3v) is 3.22. The molecule has 2 unspecified atom stereocenters. The summed E-state index contributed by atoms with van der Waals surface area (Å²) < 4.78 is 15.8. The number of ether oxygens (including phenoxy) is 3. The number of hydrogen-bond donors (Lipinski definition) is 2. The summed E-state index contributed by atoms with van der Waals surface area (Å²) in [5.41, 5.74) is 1.08. The van der Waals surface area contributed by atoms with Crippen molar-refractivity contribution in [1.29, 1.82) is 0 Å². The van der Waals surface area contributed by atoms with Crippen LogP contribution in [0.15, 0.2) is 18.2 Å². The number of benzene rings is 1. The first-order valence-corrected chi connectivity index (χ1v) is 6.45. The van der Waals surface area contributed by atoms with Gasteiger partial charge < -0.3 is 24.6 Å². The Kier molecular flexibility index (Phi) is 5.01. The molecule has 1 heterocycles. The second-order valence-electron chi connectivity index (χ2n) is 4.61. The van der Waals surface area contributed by atoms with Crippen molar-refractivity contribution in [1.82, 2.24) is 5.32 Å². The van der Waals surface area contributed by atoms with E-state index in [1.54, 1.807) is 14.2 Å². The maximum absolute atomic E-state index is 9.69. The van der Waals surface area contributed by atoms with Crippen LogP contribution in [-0.2, 0) is 4.74 Å². The lowest BCUT2D eigenvalue weighted by Gasteiger charge is -2.28. The molecule has 1 aliphatic heterocycles. The van der Waals surface area contributed by atoms with Gasteiger partial charge in [0.1, 0.15) is 11.5 Å². The van der Waals surface area contributed by atoms with Gasteiger partial charge in [-0.2, -0.15) is 0 Å². The van der Waals surface area contributed by atoms with Crippen molar-refractivity contribution in [3.05, 3.63) is 23.8 Å². The summed E-state index contributed by atoms with van der Waals surface area (Å²) in [5.74, 6) is 1.69. The zero-order valence-electron chi connectivity index (χ0n) is 11.4. The van der Waals surface area contributed by atoms with Gasteiger partial charge in [-0.15, -0.1) is 0 Å². The Morgan fingerprint density at radius 3 is 3.05 bits per heavy atom. The molecule has 0 aliphatic carbocycles. The largest absolute Gasteiger partial charge is 0.497 e. The third-order valence-electron chi connectivity index (χ3n) is 3.22. The van der Waals surface area contributed by atoms with Crippen LogP contribution in [0.2, 0.25) is 0 Å². The highest BCUT2D eigenvalue weighted by Gasteiger charge is 2.22. The van der Waals surface area contributed by atoms with Gasteiger partial charge in [0.25, 0.3) is 0 Å². The summed E-state index contributed by atoms with van der Waals surface area (Å²) in [6.45, 7) is 1.51. The molecule has 0 saturated carbocycles. The first-order valence-electron chi connectivity index (χ1n) is 6.45. The minimum atomic E-state index is -0.498. The van der Waals surface area contributed by atoms with E-state index in [1.165, 1.54) is 0 Å². The van der Waals surface area contributed by atoms with Crippen LogP contribution < -0.4 is 14.8 Å². The molecule has 2 atom stereocenters. The zero-order chi connectivity index (χ0) is 13.7. The second kappa shape index (κ2) is 6.75. The summed E-state index contributed by atoms with van der Waals surface area (Å²) in [4.78, 5) is 0. The molecule has 19 heavy (non-hydrogen) atoms. The molecule has 106 valence electrons. The Morgan fingerprint density at radius 1 is 1.47 bits per heavy atom. The van der Waals surface area contributed by atoms with Gasteiger partial charge in [-0.3, -0.25) is 0 Å². The lowest BCUT2D eigenvalue weighted by Crippen LogP contribution is -2.35. The normalized spacial score (nSPS) is 19.4. The number of fused-ring (bicyclic) bond motifs is 1. The molecule has 5 nitrogen and oxygen atoms in total. The number of nitrogens with one attached hydrogen (secondary N) is 1. The average Bonchev–Trinajstić information content (AvgIpc) is 2.44. The van der Waals surface area contributed by atoms with Crippen molar-refractivity contribution in [2.75, 3.05) is 34.0 Å². The van der Waals surface area contributed by atoms with Crippen LogP contribution in [0, 0.1) is 0 Å². The van der Waals surface area contributed by atoms with Gasteiger partial charge in [-0.05, 0) is 18.2 Å². The van der Waals surface area contributed by atoms with E-state index >= 15 is 0 Å². The molecular weight excluding hydrogens is 246 g/mol. The third kappa shape index (κ3) is 3.59. The minimum Gasteiger partial charge on any atom is -0.497 e. The van der Waals surface area contributed by atoms with Crippen LogP contribution >= 0.6 is 0 Å². The molecule has 2 rings (SSSR count). The van der Waals surface area contributed by atoms with Crippen molar-refractivity contribution in [2.45, 2.75) is 18.6 Å². The number of hydrogen-bond acceptors (Lipinski definition) is 5. The van der Waals surface area contributed by atoms with Gasteiger partial charge >= 0.3 is 0 Å². The Hall–Kier alpha value is -1.30. The van der Waals surface area contributed by atoms with Crippen molar-refractivity contribution in [2.24, 2.45) is 0 Å². The van der Waals surface area contributed by atoms with E-state index < -0.39 is 6.10 Å². The Labute approximate surface area is 113 Å². The number of methoxy groups -OCH3 is 2. The molecule has 5 heteroatoms. The van der Waals surface area contributed by atoms with E-state index in [9.17, 15) is 5.11 Å². The van der Waals surface area contributed by atoms with Gasteiger partial charge in [-0.1, -0.05) is 0 Å². The molecule has 0 spiro atoms. The second-order valence-corrected chi connectivity index (χ2v) is 4.61. The fourth-order valence-corrected chi connectivity index (χ4v) is 2.24. The van der Waals surface area contributed by atoms with Gasteiger partial charge in [0, 0.05) is 31.7 Å². The SMILES string of the molecule is COCC(O)CNC1CCOc2ccc(OC)cc21. The first-order chi connectivity index (χ1) is 9.24. The minimum absolute atomic E-state index is 0.172. The molecule has 2 N–H and O–H groups in total. The van der Waals surface area contributed by atoms with Crippen LogP contribution in [0.3, 0.4) is 0 Å². The standard InChI is InChI=1S/C14H21NO4/c1-17-9-10(16)8-15-13-5-6-19-14-4-3-11(18-2)7-12(13)14/h3-4,7,10,13,15-16H,5-6,8-9H2,1-2H3. The summed E-state index contributed by atoms with van der Waals surface area (Å²) >= 11 is 0. The van der Waals surface area contributed by atoms with Gasteiger partial charge in [0.15, 0.2) is 0 Å². The van der Waals surface area contributed by atoms with E-state index in [4.69, 9.17) is 14.2 Å². The topological polar surface area (TPSA) is 60.0 Å². The molecule has 0 radical (unpaired) electrons. The van der Waals surface area contributed by atoms with Crippen molar-refractivity contribution >= 4 is 0 Å². The predicted molar refractivity (Wildman–Crippen MR) is 71.7 cm³/mol. The van der Waals surface area contributed by atoms with Crippen LogP contribution in [0.4, 0.5) is 0 Å². The summed E-state index contributed by atoms with van der Waals surface area (Å²) in [6.07, 6.45) is 0.377. The van der Waals surface area contributed by atoms with Crippen LogP contribution in [-0.4, -0.2) is 45.2 Å². The number of rotatable bonds is 6. The van der Waals surface area contributed by atoms with Crippen molar-refractivity contribution in [3.63, 3.8) is 0 Å². The van der Waals surface area contributed by atoms with E-state index in [-0.39, 0.29) is 6.04 Å². The molecule has 0 fully saturated rings. The molecular formula is C14H21NO4. The fraction of sp³-hybridized carbons (Fsp3) is 0.571. The molecule has 0 saturated heterocycles. The molecule has 1 aromatic carbocycles. The quantitative estimate of drug-likeness (QED) is 0.808. The maximum atomic E-state index is 9.69. The summed E-state index contributed by atoms with van der Waals surface area (Å²) in [7, 11) is 3.23. The smallest absolute Gasteiger partial charge is 0.124 e. The predicted octanol–water partition coefficient (Wildman–Crippen LogP) is 1.12. The van der Waals surface area contributed by atoms with Crippen molar-refractivity contribution in [3.8, 4) is 11.5 Å². The fourth-order valence-electron chi connectivity index (χ4n) is 2.24. The zero-order valence-corrected chi connectivity index (χ0v) is 11.4. The number of aliphatic hydroxyl groups excluding tert-OH is 1. The molecule has 1 aliphatic rings. The van der Waals surface area contributed by atoms with E-state index in [0.29, 0.717) is 19.8 Å². The van der Waals surface area contributed by atoms with Crippen LogP contribution in [0.5, 0.6) is 11.5 Å². The highest BCUT2D eigenvalue weighted by molar-refractivity contribution is 5.43. The summed E-state index contributed by atoms with van der Waals surface area (Å²) in [5, 5.41) is 13.0. The average molecular weight is 267 g/mol. The monoisotopic (exact) mass is 267 g/mol. The highest BCUT2D eigenvalue weighted by Crippen LogP contribution is 2.34. The van der Waals surface area contributed by atoms with Gasteiger partial charge in [0.05, 0.1) is 26.4 Å². The van der Waals surface area contributed by atoms with E-state index in [1.807, 2.05) is 18.2 Å². The first kappa shape index (κ1) is 14.1. The van der Waals surface area contributed by atoms with Gasteiger partial charge in [0.2, 0.25) is 0 Å². The molecule has 0 bridgehead atoms. The highest BCUT2D eigenvalue weighted by atomic mass is 16.5. The lowest BCUT2D eigenvalue weighted by molar-refractivity contribution is 0.0614. The summed E-state index contributed by atoms with van der Waals surface area (Å²) in [6, 6.07) is 5.97. The van der Waals surface area contributed by atoms with E-state index in [0.717, 1.165) is 23.5 Å². The van der Waals surface area contributed by atoms with E-state index in [2.05, 4.69) is 5.32 Å². The van der Waals surface area contributed by atoms with Crippen LogP contribution in [0.25, 0.3) is 0 Å². The molecule has 0 amide bonds. The lowest BCUT2D eigenvalue weighted by atomic mass is 10.00.